The van der Waals surface area contributed by atoms with Crippen LogP contribution < -0.4 is 43.4 Å². The van der Waals surface area contributed by atoms with Gasteiger partial charge in [0, 0.05) is 19.4 Å². The predicted octanol–water partition coefficient (Wildman–Crippen LogP) is -2.68. The molecule has 0 aliphatic carbocycles. The van der Waals surface area contributed by atoms with E-state index in [4.69, 9.17) is 11.5 Å². The van der Waals surface area contributed by atoms with Crippen LogP contribution in [0.5, 0.6) is 0 Å². The fourth-order valence-corrected chi connectivity index (χ4v) is 6.84. The van der Waals surface area contributed by atoms with Gasteiger partial charge in [0.15, 0.2) is 0 Å². The van der Waals surface area contributed by atoms with Crippen LogP contribution in [0.1, 0.15) is 70.8 Å². The first-order valence-corrected chi connectivity index (χ1v) is 21.5. The van der Waals surface area contributed by atoms with Gasteiger partial charge >= 0.3 is 11.9 Å². The molecule has 1 heterocycles. The van der Waals surface area contributed by atoms with Crippen LogP contribution in [0.15, 0.2) is 30.3 Å². The largest absolute Gasteiger partial charge is 0.481 e. The summed E-state index contributed by atoms with van der Waals surface area (Å²) in [5.74, 6) is -7.89. The molecule has 1 fully saturated rings. The van der Waals surface area contributed by atoms with E-state index in [0.29, 0.717) is 50.1 Å². The van der Waals surface area contributed by atoms with Crippen molar-refractivity contribution in [2.24, 2.45) is 11.5 Å². The van der Waals surface area contributed by atoms with Crippen LogP contribution in [0.3, 0.4) is 0 Å². The molecule has 1 aromatic rings. The summed E-state index contributed by atoms with van der Waals surface area (Å²) in [5.41, 5.74) is 11.9. The molecule has 61 heavy (non-hydrogen) atoms. The van der Waals surface area contributed by atoms with Crippen molar-refractivity contribution in [3.63, 3.8) is 0 Å². The number of carbonyl (C=O) groups excluding carboxylic acids is 7. The highest BCUT2D eigenvalue weighted by atomic mass is 32.2. The van der Waals surface area contributed by atoms with E-state index >= 15 is 0 Å². The van der Waals surface area contributed by atoms with Crippen molar-refractivity contribution in [1.29, 1.82) is 0 Å². The number of nitrogens with two attached hydrogens (primary N) is 2. The zero-order valence-electron chi connectivity index (χ0n) is 34.7. The van der Waals surface area contributed by atoms with Gasteiger partial charge in [-0.15, -0.1) is 0 Å². The first-order valence-electron chi connectivity index (χ1n) is 20.1. The Morgan fingerprint density at radius 2 is 1.33 bits per heavy atom. The number of unbranched alkanes of at least 4 members (excludes halogenated alkanes) is 1. The smallest absolute Gasteiger partial charge is 0.326 e. The quantitative estimate of drug-likeness (QED) is 0.0401. The molecule has 7 amide bonds. The van der Waals surface area contributed by atoms with Gasteiger partial charge in [-0.05, 0) is 82.9 Å². The maximum absolute atomic E-state index is 13.9. The third-order valence-electron chi connectivity index (χ3n) is 9.80. The molecule has 0 aromatic heterocycles. The Labute approximate surface area is 358 Å². The first kappa shape index (κ1) is 51.8. The summed E-state index contributed by atoms with van der Waals surface area (Å²) < 4.78 is 0. The number of benzene rings is 1. The number of nitrogens with zero attached hydrogens (tertiary/aromatic N) is 1. The molecule has 13 N–H and O–H groups in total. The Bertz CT molecular complexity index is 1670. The summed E-state index contributed by atoms with van der Waals surface area (Å²) in [4.78, 5) is 118. The summed E-state index contributed by atoms with van der Waals surface area (Å²) in [6.45, 7) is 2.47. The number of aliphatic hydroxyl groups excluding tert-OH is 1. The number of aliphatic carboxylic acids is 2. The number of hydrogen-bond donors (Lipinski definition) is 11. The highest BCUT2D eigenvalue weighted by Crippen LogP contribution is 2.19. The third-order valence-corrected chi connectivity index (χ3v) is 10.4. The van der Waals surface area contributed by atoms with Gasteiger partial charge in [0.25, 0.3) is 0 Å². The van der Waals surface area contributed by atoms with Crippen LogP contribution in [0.25, 0.3) is 0 Å². The fraction of sp³-hybridized carbons (Fsp3) is 0.615. The molecule has 0 spiro atoms. The summed E-state index contributed by atoms with van der Waals surface area (Å²) in [7, 11) is 0. The third kappa shape index (κ3) is 17.7. The fourth-order valence-electron chi connectivity index (χ4n) is 6.37. The zero-order chi connectivity index (χ0) is 45.6. The van der Waals surface area contributed by atoms with Gasteiger partial charge < -0.3 is 63.6 Å². The Kier molecular flexibility index (Phi) is 22.8. The monoisotopic (exact) mass is 879 g/mol. The molecule has 1 aliphatic heterocycles. The number of aliphatic hydroxyl groups is 1. The van der Waals surface area contributed by atoms with E-state index in [9.17, 15) is 58.5 Å². The summed E-state index contributed by atoms with van der Waals surface area (Å²) in [5, 5.41) is 43.7. The molecule has 2 rings (SSSR count). The maximum Gasteiger partial charge on any atom is 0.326 e. The van der Waals surface area contributed by atoms with E-state index in [0.717, 1.165) is 0 Å². The second-order valence-corrected chi connectivity index (χ2v) is 15.7. The number of rotatable bonds is 27. The highest BCUT2D eigenvalue weighted by Gasteiger charge is 2.38. The van der Waals surface area contributed by atoms with Crippen LogP contribution in [0.2, 0.25) is 0 Å². The SMILES string of the molecule is CSCC[C@H](NC(=O)[C@H](CCC(=O)O)NC(=O)[C@H](Cc1ccccc1)NC(=O)[C@@H]1CCCN1C(=O)[C@H](C)N)C(=O)N[C@@H](CO)C(=O)N[C@@H](C)C(=O)N[C@@H](CCCCN)C(=O)O. The second kappa shape index (κ2) is 26.8. The molecule has 21 nitrogen and oxygen atoms in total. The van der Waals surface area contributed by atoms with E-state index in [2.05, 4.69) is 31.9 Å². The molecule has 0 bridgehead atoms. The summed E-state index contributed by atoms with van der Waals surface area (Å²) >= 11 is 1.32. The normalized spacial score (nSPS) is 17.0. The van der Waals surface area contributed by atoms with E-state index in [1.807, 2.05) is 0 Å². The zero-order valence-corrected chi connectivity index (χ0v) is 35.5. The molecule has 1 aromatic carbocycles. The van der Waals surface area contributed by atoms with Crippen LogP contribution in [-0.2, 0) is 49.6 Å². The molecule has 1 saturated heterocycles. The minimum absolute atomic E-state index is 0.0115. The molecule has 1 aliphatic rings. The van der Waals surface area contributed by atoms with Gasteiger partial charge in [-0.3, -0.25) is 38.4 Å². The highest BCUT2D eigenvalue weighted by molar-refractivity contribution is 7.98. The van der Waals surface area contributed by atoms with Crippen molar-refractivity contribution in [3.8, 4) is 0 Å². The van der Waals surface area contributed by atoms with Crippen molar-refractivity contribution < 1.29 is 58.5 Å². The molecule has 0 saturated carbocycles. The molecule has 8 atom stereocenters. The number of thioether (sulfide) groups is 1. The van der Waals surface area contributed by atoms with Crippen LogP contribution in [0.4, 0.5) is 0 Å². The average Bonchev–Trinajstić information content (AvgIpc) is 3.72. The Morgan fingerprint density at radius 3 is 1.89 bits per heavy atom. The van der Waals surface area contributed by atoms with Gasteiger partial charge in [-0.1, -0.05) is 30.3 Å². The van der Waals surface area contributed by atoms with E-state index in [1.54, 1.807) is 36.6 Å². The van der Waals surface area contributed by atoms with Crippen LogP contribution in [0, 0.1) is 0 Å². The molecule has 340 valence electrons. The lowest BCUT2D eigenvalue weighted by molar-refractivity contribution is -0.142. The van der Waals surface area contributed by atoms with Crippen molar-refractivity contribution in [2.45, 2.75) is 120 Å². The number of hydrogen-bond acceptors (Lipinski definition) is 13. The molecule has 0 radical (unpaired) electrons. The minimum Gasteiger partial charge on any atom is -0.481 e. The number of carboxylic acids is 2. The lowest BCUT2D eigenvalue weighted by Gasteiger charge is -2.29. The topological polar surface area (TPSA) is 342 Å². The Hall–Kier alpha value is -5.32. The molecular weight excluding hydrogens is 819 g/mol. The van der Waals surface area contributed by atoms with Crippen molar-refractivity contribution in [1.82, 2.24) is 36.8 Å². The number of carboxylic acid groups (broad SMARTS) is 2. The average molecular weight is 880 g/mol. The lowest BCUT2D eigenvalue weighted by Crippen LogP contribution is -2.60. The Balaban J connectivity index is 2.26. The van der Waals surface area contributed by atoms with Gasteiger partial charge in [0.1, 0.15) is 42.3 Å². The lowest BCUT2D eigenvalue weighted by atomic mass is 10.0. The van der Waals surface area contributed by atoms with Gasteiger partial charge in [-0.25, -0.2) is 4.79 Å². The van der Waals surface area contributed by atoms with Crippen molar-refractivity contribution >= 4 is 65.1 Å². The first-order chi connectivity index (χ1) is 28.9. The van der Waals surface area contributed by atoms with E-state index in [1.165, 1.54) is 30.5 Å². The van der Waals surface area contributed by atoms with Crippen molar-refractivity contribution in [2.75, 3.05) is 31.7 Å². The number of carbonyl (C=O) groups is 9. The predicted molar refractivity (Wildman–Crippen MR) is 223 cm³/mol. The Morgan fingerprint density at radius 1 is 0.754 bits per heavy atom. The molecular formula is C39H61N9O12S. The van der Waals surface area contributed by atoms with Crippen LogP contribution in [-0.4, -0.2) is 154 Å². The van der Waals surface area contributed by atoms with E-state index < -0.39 is 121 Å². The summed E-state index contributed by atoms with van der Waals surface area (Å²) in [6, 6.07) is -1.49. The van der Waals surface area contributed by atoms with Gasteiger partial charge in [-0.2, -0.15) is 11.8 Å². The molecule has 22 heteroatoms. The maximum atomic E-state index is 13.9. The minimum atomic E-state index is -1.62. The standard InChI is InChI=1S/C39H61N9O12S/c1-22(41)38(58)48-18-9-13-30(48)37(57)46-28(20-24-10-5-4-6-11-24)35(55)43-25(14-15-31(50)51)33(53)44-26(16-19-61-3)34(54)47-29(21-49)36(56)42-23(2)32(52)45-27(39(59)60)12-7-8-17-40/h4-6,10-11,22-23,25-30,49H,7-9,12-21,40-41H2,1-3H3,(H,42,56)(H,43,55)(H,44,53)(H,45,52)(H,46,57)(H,47,54)(H,50,51)(H,59,60)/t22-,23-,25-,26-,27-,28-,29-,30-/m0/s1. The van der Waals surface area contributed by atoms with E-state index in [-0.39, 0.29) is 19.3 Å². The number of nitrogens with one attached hydrogen (secondary N) is 6. The summed E-state index contributed by atoms with van der Waals surface area (Å²) in [6.07, 6.45) is 2.59. The van der Waals surface area contributed by atoms with Crippen molar-refractivity contribution in [3.05, 3.63) is 35.9 Å². The number of amides is 7. The van der Waals surface area contributed by atoms with Gasteiger partial charge in [0.05, 0.1) is 12.6 Å². The van der Waals surface area contributed by atoms with Gasteiger partial charge in [0.2, 0.25) is 41.4 Å². The second-order valence-electron chi connectivity index (χ2n) is 14.7. The van der Waals surface area contributed by atoms with Crippen LogP contribution >= 0.6 is 11.8 Å². The molecule has 0 unspecified atom stereocenters. The number of likely N-dealkylation sites (tertiary alicyclic amines) is 1.